The van der Waals surface area contributed by atoms with Crippen LogP contribution in [0, 0.1) is 0 Å². The first kappa shape index (κ1) is 48.9. The van der Waals surface area contributed by atoms with E-state index in [0.29, 0.717) is 0 Å². The predicted octanol–water partition coefficient (Wildman–Crippen LogP) is 23.8. The number of fused-ring (bicyclic) bond motifs is 9. The molecule has 0 fully saturated rings. The first-order chi connectivity index (χ1) is 41.7. The predicted molar refractivity (Wildman–Crippen MR) is 363 cm³/mol. The summed E-state index contributed by atoms with van der Waals surface area (Å²) in [6.45, 7) is 0. The van der Waals surface area contributed by atoms with Crippen LogP contribution in [0.4, 0.5) is 0 Å². The second kappa shape index (κ2) is 20.6. The summed E-state index contributed by atoms with van der Waals surface area (Å²) in [5, 5.41) is 22.8. The second-order valence-corrected chi connectivity index (χ2v) is 22.2. The summed E-state index contributed by atoms with van der Waals surface area (Å²) in [4.78, 5) is 0. The van der Waals surface area contributed by atoms with Gasteiger partial charge in [0.1, 0.15) is 0 Å². The van der Waals surface area contributed by atoms with E-state index in [1.54, 1.807) is 0 Å². The van der Waals surface area contributed by atoms with Crippen LogP contribution in [-0.2, 0) is 0 Å². The Balaban J connectivity index is 0.000000138. The molecule has 0 N–H and O–H groups in total. The molecule has 0 saturated carbocycles. The number of hydrogen-bond acceptors (Lipinski definition) is 0. The van der Waals surface area contributed by atoms with Gasteiger partial charge in [-0.1, -0.05) is 303 Å². The Hall–Kier alpha value is -10.9. The number of benzene rings is 17. The van der Waals surface area contributed by atoms with E-state index >= 15 is 0 Å². The van der Waals surface area contributed by atoms with Crippen molar-refractivity contribution in [3.8, 4) is 66.8 Å². The van der Waals surface area contributed by atoms with E-state index in [4.69, 9.17) is 0 Å². The van der Waals surface area contributed by atoms with Gasteiger partial charge in [-0.2, -0.15) is 0 Å². The molecule has 0 aliphatic heterocycles. The largest absolute Gasteiger partial charge is 0.0622 e. The van der Waals surface area contributed by atoms with Gasteiger partial charge in [-0.25, -0.2) is 0 Å². The van der Waals surface area contributed by atoms with Crippen LogP contribution in [0.3, 0.4) is 0 Å². The molecule has 0 heteroatoms. The van der Waals surface area contributed by atoms with Crippen molar-refractivity contribution in [3.05, 3.63) is 328 Å². The molecule has 17 aromatic rings. The summed E-state index contributed by atoms with van der Waals surface area (Å²) < 4.78 is 0. The maximum atomic E-state index is 2.41. The van der Waals surface area contributed by atoms with Gasteiger partial charge in [0, 0.05) is 0 Å². The fraction of sp³-hybridized carbons (Fsp3) is 0. The molecule has 0 nitrogen and oxygen atoms in total. The molecule has 0 heterocycles. The van der Waals surface area contributed by atoms with Crippen molar-refractivity contribution in [2.45, 2.75) is 0 Å². The lowest BCUT2D eigenvalue weighted by molar-refractivity contribution is 1.65. The van der Waals surface area contributed by atoms with Gasteiger partial charge < -0.3 is 0 Å². The van der Waals surface area contributed by atoms with E-state index in [9.17, 15) is 0 Å². The van der Waals surface area contributed by atoms with Crippen LogP contribution < -0.4 is 0 Å². The third-order valence-electron chi connectivity index (χ3n) is 17.4. The van der Waals surface area contributed by atoms with E-state index in [0.717, 1.165) is 0 Å². The molecular formula is C84H54. The SMILES string of the molecule is c1ccc(-c2c3ccccc3c(-c3cc(-c4ccc5ccccc5c4)cc4ccccc34)c3ccccc23)cc1.c1ccc2cc(-c3ccc4ccccc4c3-c3c4ccccc4c(-c4cccc5ccccc45)c4ccccc34)ccc2c1. The normalized spacial score (nSPS) is 11.6. The highest BCUT2D eigenvalue weighted by Crippen LogP contribution is 2.50. The van der Waals surface area contributed by atoms with Crippen molar-refractivity contribution < 1.29 is 0 Å². The molecule has 0 unspecified atom stereocenters. The lowest BCUT2D eigenvalue weighted by atomic mass is 9.81. The molecule has 0 spiro atoms. The molecule has 0 atom stereocenters. The van der Waals surface area contributed by atoms with Crippen LogP contribution in [0.25, 0.3) is 164 Å². The molecule has 0 saturated heterocycles. The van der Waals surface area contributed by atoms with Crippen LogP contribution in [0.1, 0.15) is 0 Å². The minimum Gasteiger partial charge on any atom is -0.0622 e. The maximum Gasteiger partial charge on any atom is -0.00139 e. The van der Waals surface area contributed by atoms with Gasteiger partial charge in [-0.15, -0.1) is 0 Å². The van der Waals surface area contributed by atoms with Gasteiger partial charge in [-0.3, -0.25) is 0 Å². The van der Waals surface area contributed by atoms with Crippen molar-refractivity contribution in [2.75, 3.05) is 0 Å². The lowest BCUT2D eigenvalue weighted by Gasteiger charge is -2.22. The molecular weight excluding hydrogens is 1010 g/mol. The highest BCUT2D eigenvalue weighted by Gasteiger charge is 2.23. The summed E-state index contributed by atoms with van der Waals surface area (Å²) in [5.74, 6) is 0. The molecule has 17 aromatic carbocycles. The molecule has 84 heavy (non-hydrogen) atoms. The first-order valence-corrected chi connectivity index (χ1v) is 29.1. The summed E-state index contributed by atoms with van der Waals surface area (Å²) >= 11 is 0. The zero-order valence-electron chi connectivity index (χ0n) is 46.2. The van der Waals surface area contributed by atoms with Crippen molar-refractivity contribution in [3.63, 3.8) is 0 Å². The van der Waals surface area contributed by atoms with Crippen molar-refractivity contribution >= 4 is 97.0 Å². The van der Waals surface area contributed by atoms with Crippen molar-refractivity contribution in [1.29, 1.82) is 0 Å². The maximum absolute atomic E-state index is 2.41. The zero-order valence-corrected chi connectivity index (χ0v) is 46.2. The Kier molecular flexibility index (Phi) is 12.0. The third-order valence-corrected chi connectivity index (χ3v) is 17.4. The fourth-order valence-electron chi connectivity index (χ4n) is 13.7. The van der Waals surface area contributed by atoms with Gasteiger partial charge in [0.15, 0.2) is 0 Å². The summed E-state index contributed by atoms with van der Waals surface area (Å²) in [7, 11) is 0. The highest BCUT2D eigenvalue weighted by atomic mass is 14.3. The van der Waals surface area contributed by atoms with Gasteiger partial charge in [0.2, 0.25) is 0 Å². The Labute approximate surface area is 488 Å². The molecule has 390 valence electrons. The molecule has 0 aromatic heterocycles. The lowest BCUT2D eigenvalue weighted by Crippen LogP contribution is -1.94. The van der Waals surface area contributed by atoms with Gasteiger partial charge in [0.25, 0.3) is 0 Å². The third kappa shape index (κ3) is 8.30. The molecule has 0 bridgehead atoms. The van der Waals surface area contributed by atoms with E-state index in [1.165, 1.54) is 164 Å². The Morgan fingerprint density at radius 3 is 1.04 bits per heavy atom. The topological polar surface area (TPSA) is 0 Å². The van der Waals surface area contributed by atoms with Crippen LogP contribution in [-0.4, -0.2) is 0 Å². The standard InChI is InChI=1S/C44H28.C40H26/c1-2-15-32-28-33(25-24-29(32)12-1)36-27-26-31-14-4-6-18-35(31)43(36)44-40-21-9-7-19-38(40)42(39-20-8-10-22-41(39)44)37-23-11-16-30-13-3-5-17-34(30)37;1-2-13-28(14-3-1)39-34-18-8-10-20-36(34)40(37-21-11-9-19-35(37)39)38-26-32(25-31-16-6-7-17-33(31)38)30-23-22-27-12-4-5-15-29(27)24-30/h1-28H;1-26H. The smallest absolute Gasteiger partial charge is 0.00139 e. The summed E-state index contributed by atoms with van der Waals surface area (Å²) in [6.07, 6.45) is 0. The van der Waals surface area contributed by atoms with Crippen LogP contribution in [0.15, 0.2) is 328 Å². The van der Waals surface area contributed by atoms with Crippen molar-refractivity contribution in [2.24, 2.45) is 0 Å². The Morgan fingerprint density at radius 2 is 0.476 bits per heavy atom. The minimum atomic E-state index is 1.23. The van der Waals surface area contributed by atoms with Crippen LogP contribution in [0.2, 0.25) is 0 Å². The molecule has 0 amide bonds. The minimum absolute atomic E-state index is 1.23. The van der Waals surface area contributed by atoms with E-state index in [1.807, 2.05) is 0 Å². The average Bonchev–Trinajstić information content (AvgIpc) is 0.929. The summed E-state index contributed by atoms with van der Waals surface area (Å²) in [6, 6.07) is 120. The first-order valence-electron chi connectivity index (χ1n) is 29.1. The van der Waals surface area contributed by atoms with E-state index in [-0.39, 0.29) is 0 Å². The Bertz CT molecular complexity index is 5310. The second-order valence-electron chi connectivity index (χ2n) is 22.2. The van der Waals surface area contributed by atoms with Gasteiger partial charge in [-0.05, 0) is 188 Å². The molecule has 17 rings (SSSR count). The fourth-order valence-corrected chi connectivity index (χ4v) is 13.7. The summed E-state index contributed by atoms with van der Waals surface area (Å²) in [5.41, 5.74) is 15.2. The Morgan fingerprint density at radius 1 is 0.119 bits per heavy atom. The monoisotopic (exact) mass is 1060 g/mol. The van der Waals surface area contributed by atoms with E-state index < -0.39 is 0 Å². The van der Waals surface area contributed by atoms with Crippen molar-refractivity contribution in [1.82, 2.24) is 0 Å². The molecule has 0 radical (unpaired) electrons. The van der Waals surface area contributed by atoms with Gasteiger partial charge >= 0.3 is 0 Å². The quantitative estimate of drug-likeness (QED) is 0.146. The number of hydrogen-bond donors (Lipinski definition) is 0. The molecule has 0 aliphatic carbocycles. The number of rotatable bonds is 6. The average molecular weight is 1060 g/mol. The van der Waals surface area contributed by atoms with E-state index in [2.05, 4.69) is 328 Å². The molecule has 0 aliphatic rings. The zero-order chi connectivity index (χ0) is 55.5. The van der Waals surface area contributed by atoms with Crippen LogP contribution >= 0.6 is 0 Å². The highest BCUT2D eigenvalue weighted by molar-refractivity contribution is 6.27. The van der Waals surface area contributed by atoms with Crippen LogP contribution in [0.5, 0.6) is 0 Å². The van der Waals surface area contributed by atoms with Gasteiger partial charge in [0.05, 0.1) is 0 Å².